The van der Waals surface area contributed by atoms with Crippen LogP contribution in [0.4, 0.5) is 26.4 Å². The molecule has 10 nitrogen and oxygen atoms in total. The van der Waals surface area contributed by atoms with Crippen molar-refractivity contribution in [2.45, 2.75) is 39.2 Å². The van der Waals surface area contributed by atoms with Crippen molar-refractivity contribution in [1.82, 2.24) is 29.3 Å². The predicted octanol–water partition coefficient (Wildman–Crippen LogP) is 4.46. The van der Waals surface area contributed by atoms with E-state index in [1.807, 2.05) is 13.8 Å². The van der Waals surface area contributed by atoms with Crippen LogP contribution in [0.3, 0.4) is 0 Å². The van der Waals surface area contributed by atoms with Gasteiger partial charge in [-0.25, -0.2) is 9.97 Å². The monoisotopic (exact) mass is 467 g/mol. The molecule has 0 atom stereocenters. The van der Waals surface area contributed by atoms with Crippen LogP contribution in [0.15, 0.2) is 30.6 Å². The number of anilines is 3. The normalized spacial score (nSPS) is 14.0. The molecule has 0 bridgehead atoms. The Hall–Kier alpha value is -4.27. The van der Waals surface area contributed by atoms with E-state index in [2.05, 4.69) is 31.4 Å². The van der Waals surface area contributed by atoms with Gasteiger partial charge < -0.3 is 20.4 Å². The number of alkyl halides is 2. The molecule has 34 heavy (non-hydrogen) atoms. The maximum absolute atomic E-state index is 14.2. The van der Waals surface area contributed by atoms with Crippen molar-refractivity contribution in [2.75, 3.05) is 11.1 Å². The smallest absolute Gasteiger partial charge is 0.289 e. The lowest BCUT2D eigenvalue weighted by atomic mass is 10.1. The Labute approximate surface area is 194 Å². The largest absolute Gasteiger partial charge is 0.454 e. The maximum atomic E-state index is 14.2. The number of halogens is 2. The average molecular weight is 467 g/mol. The highest BCUT2D eigenvalue weighted by Crippen LogP contribution is 2.38. The molecule has 0 radical (unpaired) electrons. The van der Waals surface area contributed by atoms with Crippen LogP contribution in [0.1, 0.15) is 37.9 Å². The van der Waals surface area contributed by atoms with E-state index < -0.39 is 5.92 Å². The van der Waals surface area contributed by atoms with Gasteiger partial charge >= 0.3 is 0 Å². The minimum Gasteiger partial charge on any atom is -0.454 e. The minimum absolute atomic E-state index is 0.131. The van der Waals surface area contributed by atoms with Gasteiger partial charge in [0.05, 0.1) is 6.20 Å². The fraction of sp³-hybridized carbons (Fsp3) is 0.318. The topological polar surface area (TPSA) is 132 Å². The Morgan fingerprint density at radius 2 is 2.06 bits per heavy atom. The van der Waals surface area contributed by atoms with Crippen molar-refractivity contribution in [3.63, 3.8) is 0 Å². The third-order valence-corrected chi connectivity index (χ3v) is 5.21. The third kappa shape index (κ3) is 4.07. The molecule has 0 fully saturated rings. The van der Waals surface area contributed by atoms with Gasteiger partial charge in [-0.2, -0.15) is 24.1 Å². The first-order valence-electron chi connectivity index (χ1n) is 10.7. The number of nitrogen functional groups attached to an aromatic ring is 1. The standard InChI is InChI=1S/C20H17F2N9O.C2H6/c1-30-17-12(9-23)13(32-11-3-5-25-15(24)7-11)10-26-18(17)28-19(30)27-16-8-14-20(21,22)4-2-6-31(14)29-16;1-2/h3,5,7-8,10H,2,4,6H2,1H3,(H2,24,25)(H,26,27,28,29);1-2H3. The zero-order valence-corrected chi connectivity index (χ0v) is 18.9. The van der Waals surface area contributed by atoms with E-state index in [-0.39, 0.29) is 35.1 Å². The highest BCUT2D eigenvalue weighted by atomic mass is 19.3. The van der Waals surface area contributed by atoms with Crippen molar-refractivity contribution < 1.29 is 13.5 Å². The number of nitrogens with two attached hydrogens (primary N) is 1. The summed E-state index contributed by atoms with van der Waals surface area (Å²) in [7, 11) is 1.68. The molecule has 0 amide bonds. The zero-order chi connectivity index (χ0) is 24.5. The molecule has 5 rings (SSSR count). The van der Waals surface area contributed by atoms with E-state index in [0.717, 1.165) is 0 Å². The molecule has 0 saturated heterocycles. The summed E-state index contributed by atoms with van der Waals surface area (Å²) in [6, 6.07) is 6.57. The lowest BCUT2D eigenvalue weighted by molar-refractivity contribution is -0.0364. The van der Waals surface area contributed by atoms with Crippen molar-refractivity contribution in [3.8, 4) is 17.6 Å². The number of aromatic nitrogens is 6. The van der Waals surface area contributed by atoms with Crippen molar-refractivity contribution in [1.29, 1.82) is 5.26 Å². The Kier molecular flexibility index (Phi) is 6.02. The molecule has 0 spiro atoms. The summed E-state index contributed by atoms with van der Waals surface area (Å²) in [5.74, 6) is -1.49. The van der Waals surface area contributed by atoms with Gasteiger partial charge in [0.25, 0.3) is 5.92 Å². The lowest BCUT2D eigenvalue weighted by Crippen LogP contribution is -2.25. The van der Waals surface area contributed by atoms with Crippen molar-refractivity contribution in [2.24, 2.45) is 7.05 Å². The second-order valence-corrected chi connectivity index (χ2v) is 7.37. The van der Waals surface area contributed by atoms with Gasteiger partial charge in [0, 0.05) is 38.3 Å². The Morgan fingerprint density at radius 1 is 1.26 bits per heavy atom. The zero-order valence-electron chi connectivity index (χ0n) is 18.9. The highest BCUT2D eigenvalue weighted by molar-refractivity contribution is 5.84. The molecule has 3 N–H and O–H groups in total. The molecule has 4 aromatic rings. The number of imidazole rings is 1. The van der Waals surface area contributed by atoms with Crippen LogP contribution in [0, 0.1) is 11.3 Å². The van der Waals surface area contributed by atoms with Gasteiger partial charge in [-0.3, -0.25) is 4.68 Å². The molecular weight excluding hydrogens is 444 g/mol. The number of rotatable bonds is 4. The fourth-order valence-corrected chi connectivity index (χ4v) is 3.71. The number of fused-ring (bicyclic) bond motifs is 2. The third-order valence-electron chi connectivity index (χ3n) is 5.21. The molecule has 176 valence electrons. The second kappa shape index (κ2) is 8.93. The van der Waals surface area contributed by atoms with Gasteiger partial charge in [0.2, 0.25) is 5.95 Å². The summed E-state index contributed by atoms with van der Waals surface area (Å²) in [5.41, 5.74) is 6.47. The number of ether oxygens (including phenoxy) is 1. The minimum atomic E-state index is -2.92. The summed E-state index contributed by atoms with van der Waals surface area (Å²) in [4.78, 5) is 12.6. The summed E-state index contributed by atoms with van der Waals surface area (Å²) >= 11 is 0. The van der Waals surface area contributed by atoms with E-state index in [9.17, 15) is 14.0 Å². The molecular formula is C22H23F2N9O. The van der Waals surface area contributed by atoms with Crippen LogP contribution in [-0.2, 0) is 19.5 Å². The fourth-order valence-electron chi connectivity index (χ4n) is 3.71. The van der Waals surface area contributed by atoms with Crippen LogP contribution in [0.5, 0.6) is 11.5 Å². The van der Waals surface area contributed by atoms with E-state index in [4.69, 9.17) is 10.5 Å². The number of hydrogen-bond acceptors (Lipinski definition) is 8. The molecule has 0 aliphatic carbocycles. The molecule has 4 aromatic heterocycles. The number of nitriles is 1. The van der Waals surface area contributed by atoms with E-state index >= 15 is 0 Å². The first kappa shape index (κ1) is 22.9. The predicted molar refractivity (Wildman–Crippen MR) is 122 cm³/mol. The van der Waals surface area contributed by atoms with Crippen molar-refractivity contribution in [3.05, 3.63) is 41.9 Å². The van der Waals surface area contributed by atoms with Gasteiger partial charge in [0.1, 0.15) is 34.4 Å². The molecule has 12 heteroatoms. The summed E-state index contributed by atoms with van der Waals surface area (Å²) in [5, 5.41) is 17.0. The second-order valence-electron chi connectivity index (χ2n) is 7.37. The Balaban J connectivity index is 0.00000133. The summed E-state index contributed by atoms with van der Waals surface area (Å²) in [6.07, 6.45) is 3.04. The Bertz CT molecular complexity index is 1390. The molecule has 0 aromatic carbocycles. The molecule has 1 aliphatic rings. The van der Waals surface area contributed by atoms with E-state index in [0.29, 0.717) is 35.8 Å². The van der Waals surface area contributed by atoms with Gasteiger partial charge in [-0.15, -0.1) is 0 Å². The first-order valence-corrected chi connectivity index (χ1v) is 10.7. The van der Waals surface area contributed by atoms with Crippen LogP contribution in [0.2, 0.25) is 0 Å². The molecule has 0 saturated carbocycles. The lowest BCUT2D eigenvalue weighted by Gasteiger charge is -2.22. The first-order chi connectivity index (χ1) is 16.4. The number of nitrogens with one attached hydrogen (secondary N) is 1. The number of nitrogens with zero attached hydrogens (tertiary/aromatic N) is 7. The van der Waals surface area contributed by atoms with Crippen LogP contribution < -0.4 is 15.8 Å². The number of aryl methyl sites for hydroxylation is 2. The Morgan fingerprint density at radius 3 is 2.76 bits per heavy atom. The molecule has 1 aliphatic heterocycles. The number of hydrogen-bond donors (Lipinski definition) is 2. The van der Waals surface area contributed by atoms with E-state index in [1.54, 1.807) is 17.7 Å². The van der Waals surface area contributed by atoms with Gasteiger partial charge in [-0.05, 0) is 12.5 Å². The van der Waals surface area contributed by atoms with Gasteiger partial charge in [-0.1, -0.05) is 13.8 Å². The van der Waals surface area contributed by atoms with Crippen LogP contribution in [0.25, 0.3) is 11.2 Å². The van der Waals surface area contributed by atoms with Crippen molar-refractivity contribution >= 4 is 28.7 Å². The van der Waals surface area contributed by atoms with Gasteiger partial charge in [0.15, 0.2) is 17.2 Å². The quantitative estimate of drug-likeness (QED) is 0.449. The highest BCUT2D eigenvalue weighted by Gasteiger charge is 2.38. The summed E-state index contributed by atoms with van der Waals surface area (Å²) < 4.78 is 37.0. The average Bonchev–Trinajstić information content (AvgIpc) is 3.37. The number of pyridine rings is 2. The van der Waals surface area contributed by atoms with Crippen LogP contribution in [-0.4, -0.2) is 29.3 Å². The van der Waals surface area contributed by atoms with E-state index in [1.165, 1.54) is 29.2 Å². The SMILES string of the molecule is CC.Cn1c(Nc2cc3n(n2)CCCC3(F)F)nc2ncc(Oc3ccnc(N)c3)c(C#N)c21. The molecule has 5 heterocycles. The summed E-state index contributed by atoms with van der Waals surface area (Å²) in [6.45, 7) is 4.43. The van der Waals surface area contributed by atoms with Crippen LogP contribution >= 0.6 is 0 Å². The maximum Gasteiger partial charge on any atom is 0.289 e. The molecule has 0 unspecified atom stereocenters.